The number of nitrogens with one attached hydrogen (secondary N) is 1. The van der Waals surface area contributed by atoms with Gasteiger partial charge in [0.25, 0.3) is 0 Å². The zero-order valence-corrected chi connectivity index (χ0v) is 14.8. The lowest BCUT2D eigenvalue weighted by Gasteiger charge is -2.31. The zero-order valence-electron chi connectivity index (χ0n) is 14.8. The molecule has 0 radical (unpaired) electrons. The number of likely N-dealkylation sites (N-methyl/N-ethyl adjacent to an activating group) is 2. The molecule has 1 N–H and O–H groups in total. The van der Waals surface area contributed by atoms with Crippen molar-refractivity contribution in [2.24, 2.45) is 0 Å². The number of hydrogen-bond donors (Lipinski definition) is 1. The molecule has 2 unspecified atom stereocenters. The fourth-order valence-corrected chi connectivity index (χ4v) is 2.76. The highest BCUT2D eigenvalue weighted by atomic mass is 15.2. The van der Waals surface area contributed by atoms with Crippen LogP contribution in [0.5, 0.6) is 0 Å². The molecule has 2 heteroatoms. The Balaban J connectivity index is 2.84. The highest BCUT2D eigenvalue weighted by molar-refractivity contribution is 5.27. The lowest BCUT2D eigenvalue weighted by atomic mass is 9.98. The molecule has 0 saturated carbocycles. The van der Waals surface area contributed by atoms with Crippen molar-refractivity contribution in [2.75, 3.05) is 19.6 Å². The molecule has 0 spiro atoms. The van der Waals surface area contributed by atoms with Crippen molar-refractivity contribution in [3.05, 3.63) is 35.4 Å². The minimum absolute atomic E-state index is 0.421. The molecule has 1 rings (SSSR count). The largest absolute Gasteiger partial charge is 0.309 e. The molecule has 0 heterocycles. The van der Waals surface area contributed by atoms with E-state index in [1.165, 1.54) is 17.5 Å². The maximum Gasteiger partial charge on any atom is 0.0449 e. The van der Waals surface area contributed by atoms with Crippen LogP contribution in [0.1, 0.15) is 71.0 Å². The van der Waals surface area contributed by atoms with Crippen molar-refractivity contribution in [3.63, 3.8) is 0 Å². The van der Waals surface area contributed by atoms with Gasteiger partial charge in [-0.05, 0) is 43.5 Å². The normalized spacial score (nSPS) is 14.7. The molecule has 120 valence electrons. The van der Waals surface area contributed by atoms with E-state index in [0.29, 0.717) is 18.0 Å². The Morgan fingerprint density at radius 2 is 1.52 bits per heavy atom. The number of hydrogen-bond acceptors (Lipinski definition) is 2. The minimum Gasteiger partial charge on any atom is -0.309 e. The summed E-state index contributed by atoms with van der Waals surface area (Å²) < 4.78 is 0. The third-order valence-electron chi connectivity index (χ3n) is 4.49. The van der Waals surface area contributed by atoms with Crippen LogP contribution < -0.4 is 5.32 Å². The summed E-state index contributed by atoms with van der Waals surface area (Å²) in [5.41, 5.74) is 2.83. The minimum atomic E-state index is 0.421. The summed E-state index contributed by atoms with van der Waals surface area (Å²) in [6.45, 7) is 16.8. The van der Waals surface area contributed by atoms with Gasteiger partial charge in [0, 0.05) is 18.6 Å². The highest BCUT2D eigenvalue weighted by Gasteiger charge is 2.17. The van der Waals surface area contributed by atoms with Crippen molar-refractivity contribution in [1.82, 2.24) is 10.2 Å². The summed E-state index contributed by atoms with van der Waals surface area (Å²) in [4.78, 5) is 2.57. The van der Waals surface area contributed by atoms with Crippen molar-refractivity contribution < 1.29 is 0 Å². The highest BCUT2D eigenvalue weighted by Crippen LogP contribution is 2.20. The van der Waals surface area contributed by atoms with E-state index in [0.717, 1.165) is 19.6 Å². The quantitative estimate of drug-likeness (QED) is 0.716. The predicted molar refractivity (Wildman–Crippen MR) is 93.9 cm³/mol. The van der Waals surface area contributed by atoms with Crippen molar-refractivity contribution in [1.29, 1.82) is 0 Å². The third-order valence-corrected chi connectivity index (χ3v) is 4.49. The van der Waals surface area contributed by atoms with Crippen LogP contribution in [0.4, 0.5) is 0 Å². The van der Waals surface area contributed by atoms with E-state index >= 15 is 0 Å². The number of benzene rings is 1. The average molecular weight is 290 g/mol. The monoisotopic (exact) mass is 290 g/mol. The van der Waals surface area contributed by atoms with Crippen LogP contribution in [-0.2, 0) is 0 Å². The van der Waals surface area contributed by atoms with Gasteiger partial charge in [-0.15, -0.1) is 0 Å². The zero-order chi connectivity index (χ0) is 15.8. The van der Waals surface area contributed by atoms with Crippen molar-refractivity contribution in [2.45, 2.75) is 66.0 Å². The maximum absolute atomic E-state index is 3.65. The van der Waals surface area contributed by atoms with Crippen LogP contribution in [0.25, 0.3) is 0 Å². The summed E-state index contributed by atoms with van der Waals surface area (Å²) in [6.07, 6.45) is 1.21. The molecule has 0 saturated heterocycles. The van der Waals surface area contributed by atoms with E-state index in [1.54, 1.807) is 0 Å². The molecular formula is C19H34N2. The lowest BCUT2D eigenvalue weighted by molar-refractivity contribution is 0.192. The Kier molecular flexibility index (Phi) is 7.98. The Morgan fingerprint density at radius 1 is 0.952 bits per heavy atom. The maximum atomic E-state index is 3.65. The van der Waals surface area contributed by atoms with Crippen LogP contribution in [-0.4, -0.2) is 30.6 Å². The lowest BCUT2D eigenvalue weighted by Crippen LogP contribution is -2.40. The molecule has 0 fully saturated rings. The van der Waals surface area contributed by atoms with Crippen LogP contribution in [0.3, 0.4) is 0 Å². The Morgan fingerprint density at radius 3 is 1.95 bits per heavy atom. The summed E-state index contributed by atoms with van der Waals surface area (Å²) in [5, 5.41) is 3.65. The first kappa shape index (κ1) is 18.2. The van der Waals surface area contributed by atoms with Crippen LogP contribution in [0.2, 0.25) is 0 Å². The summed E-state index contributed by atoms with van der Waals surface area (Å²) in [6, 6.07) is 10.2. The van der Waals surface area contributed by atoms with E-state index in [4.69, 9.17) is 0 Å². The SMILES string of the molecule is CCNC(CN(CC)C(C)CC)c1ccc(C(C)C)cc1. The second-order valence-electron chi connectivity index (χ2n) is 6.28. The van der Waals surface area contributed by atoms with Gasteiger partial charge in [-0.2, -0.15) is 0 Å². The van der Waals surface area contributed by atoms with E-state index in [9.17, 15) is 0 Å². The molecule has 2 nitrogen and oxygen atoms in total. The molecule has 0 aliphatic rings. The second-order valence-corrected chi connectivity index (χ2v) is 6.28. The molecule has 0 aromatic heterocycles. The van der Waals surface area contributed by atoms with Crippen LogP contribution in [0.15, 0.2) is 24.3 Å². The first-order valence-electron chi connectivity index (χ1n) is 8.60. The smallest absolute Gasteiger partial charge is 0.0449 e. The third kappa shape index (κ3) is 5.44. The Labute approximate surface area is 131 Å². The molecule has 0 aliphatic carbocycles. The molecule has 0 amide bonds. The van der Waals surface area contributed by atoms with E-state index < -0.39 is 0 Å². The van der Waals surface area contributed by atoms with E-state index in [2.05, 4.69) is 76.0 Å². The Hall–Kier alpha value is -0.860. The van der Waals surface area contributed by atoms with Gasteiger partial charge in [0.05, 0.1) is 0 Å². The van der Waals surface area contributed by atoms with E-state index in [1.807, 2.05) is 0 Å². The molecule has 0 bridgehead atoms. The van der Waals surface area contributed by atoms with Crippen molar-refractivity contribution in [3.8, 4) is 0 Å². The predicted octanol–water partition coefficient (Wildman–Crippen LogP) is 4.58. The van der Waals surface area contributed by atoms with Gasteiger partial charge in [0.1, 0.15) is 0 Å². The van der Waals surface area contributed by atoms with Gasteiger partial charge in [0.2, 0.25) is 0 Å². The van der Waals surface area contributed by atoms with Crippen LogP contribution in [0, 0.1) is 0 Å². The molecule has 2 atom stereocenters. The molecule has 21 heavy (non-hydrogen) atoms. The van der Waals surface area contributed by atoms with Crippen molar-refractivity contribution >= 4 is 0 Å². The van der Waals surface area contributed by atoms with Gasteiger partial charge in [0.15, 0.2) is 0 Å². The van der Waals surface area contributed by atoms with Gasteiger partial charge in [-0.3, -0.25) is 4.90 Å². The Bertz CT molecular complexity index is 383. The standard InChI is InChI=1S/C19H34N2/c1-7-16(6)21(9-3)14-19(20-8-2)18-12-10-17(11-13-18)15(4)5/h10-13,15-16,19-20H,7-9,14H2,1-6H3. The first-order chi connectivity index (χ1) is 10.0. The summed E-state index contributed by atoms with van der Waals surface area (Å²) in [7, 11) is 0. The van der Waals surface area contributed by atoms with Gasteiger partial charge >= 0.3 is 0 Å². The number of rotatable bonds is 9. The van der Waals surface area contributed by atoms with Gasteiger partial charge in [-0.25, -0.2) is 0 Å². The first-order valence-corrected chi connectivity index (χ1v) is 8.60. The number of nitrogens with zero attached hydrogens (tertiary/aromatic N) is 1. The fraction of sp³-hybridized carbons (Fsp3) is 0.684. The summed E-state index contributed by atoms with van der Waals surface area (Å²) in [5.74, 6) is 0.601. The van der Waals surface area contributed by atoms with Gasteiger partial charge in [-0.1, -0.05) is 58.9 Å². The average Bonchev–Trinajstić information content (AvgIpc) is 2.50. The van der Waals surface area contributed by atoms with E-state index in [-0.39, 0.29) is 0 Å². The molecule has 1 aromatic carbocycles. The molecule has 0 aliphatic heterocycles. The van der Waals surface area contributed by atoms with Gasteiger partial charge < -0.3 is 5.32 Å². The fourth-order valence-electron chi connectivity index (χ4n) is 2.76. The molecule has 1 aromatic rings. The topological polar surface area (TPSA) is 15.3 Å². The summed E-state index contributed by atoms with van der Waals surface area (Å²) >= 11 is 0. The van der Waals surface area contributed by atoms with Crippen LogP contribution >= 0.6 is 0 Å². The second kappa shape index (κ2) is 9.22. The molecular weight excluding hydrogens is 256 g/mol.